The second-order valence-corrected chi connectivity index (χ2v) is 7.97. The quantitative estimate of drug-likeness (QED) is 0.923. The number of sulfonamides is 1. The third-order valence-corrected chi connectivity index (χ3v) is 5.20. The molecule has 7 heteroatoms. The first-order valence-electron chi connectivity index (χ1n) is 7.08. The molecule has 0 amide bonds. The fraction of sp³-hybridized carbons (Fsp3) is 0.643. The van der Waals surface area contributed by atoms with Crippen LogP contribution in [-0.2, 0) is 10.0 Å². The van der Waals surface area contributed by atoms with Crippen molar-refractivity contribution in [2.75, 3.05) is 13.1 Å². The summed E-state index contributed by atoms with van der Waals surface area (Å²) < 4.78 is 40.5. The predicted molar refractivity (Wildman–Crippen MR) is 78.9 cm³/mol. The van der Waals surface area contributed by atoms with Crippen molar-refractivity contribution in [3.63, 3.8) is 0 Å². The summed E-state index contributed by atoms with van der Waals surface area (Å²) in [5, 5.41) is -0.525. The summed E-state index contributed by atoms with van der Waals surface area (Å²) in [6.45, 7) is 8.06. The van der Waals surface area contributed by atoms with Crippen LogP contribution >= 0.6 is 0 Å². The van der Waals surface area contributed by atoms with E-state index in [0.29, 0.717) is 12.8 Å². The summed E-state index contributed by atoms with van der Waals surface area (Å²) in [6.07, 6.45) is 2.70. The van der Waals surface area contributed by atoms with Crippen LogP contribution in [0.15, 0.2) is 23.4 Å². The summed E-state index contributed by atoms with van der Waals surface area (Å²) in [4.78, 5) is 5.95. The van der Waals surface area contributed by atoms with Crippen LogP contribution in [0, 0.1) is 5.82 Å². The van der Waals surface area contributed by atoms with Gasteiger partial charge < -0.3 is 0 Å². The lowest BCUT2D eigenvalue weighted by molar-refractivity contribution is 0.100. The third-order valence-electron chi connectivity index (χ3n) is 3.74. The molecule has 1 saturated heterocycles. The fourth-order valence-corrected chi connectivity index (χ4v) is 3.82. The van der Waals surface area contributed by atoms with Gasteiger partial charge in [0.1, 0.15) is 0 Å². The first kappa shape index (κ1) is 16.3. The number of hydrogen-bond donors (Lipinski definition) is 1. The number of piperidine rings is 1. The summed E-state index contributed by atoms with van der Waals surface area (Å²) in [6, 6.07) is 2.30. The van der Waals surface area contributed by atoms with Crippen molar-refractivity contribution in [1.82, 2.24) is 14.6 Å². The number of halogens is 1. The zero-order valence-corrected chi connectivity index (χ0v) is 13.5. The second kappa shape index (κ2) is 5.98. The molecule has 0 saturated carbocycles. The van der Waals surface area contributed by atoms with Crippen molar-refractivity contribution in [2.24, 2.45) is 0 Å². The molecule has 1 aliphatic rings. The molecule has 0 atom stereocenters. The number of nitrogens with zero attached hydrogens (tertiary/aromatic N) is 2. The van der Waals surface area contributed by atoms with E-state index in [1.807, 2.05) is 0 Å². The van der Waals surface area contributed by atoms with E-state index in [2.05, 4.69) is 35.4 Å². The van der Waals surface area contributed by atoms with Gasteiger partial charge in [0.05, 0.1) is 0 Å². The summed E-state index contributed by atoms with van der Waals surface area (Å²) >= 11 is 0. The number of hydrogen-bond acceptors (Lipinski definition) is 4. The van der Waals surface area contributed by atoms with E-state index in [1.165, 1.54) is 12.3 Å². The van der Waals surface area contributed by atoms with E-state index in [1.54, 1.807) is 0 Å². The monoisotopic (exact) mass is 315 g/mol. The van der Waals surface area contributed by atoms with Gasteiger partial charge in [-0.15, -0.1) is 0 Å². The van der Waals surface area contributed by atoms with E-state index < -0.39 is 20.9 Å². The maximum atomic E-state index is 13.6. The Morgan fingerprint density at radius 3 is 2.48 bits per heavy atom. The average Bonchev–Trinajstić information content (AvgIpc) is 2.38. The van der Waals surface area contributed by atoms with E-state index >= 15 is 0 Å². The number of nitrogens with one attached hydrogen (secondary N) is 1. The number of aromatic nitrogens is 1. The van der Waals surface area contributed by atoms with Gasteiger partial charge in [-0.2, -0.15) is 0 Å². The molecule has 2 heterocycles. The molecule has 21 heavy (non-hydrogen) atoms. The van der Waals surface area contributed by atoms with Crippen LogP contribution < -0.4 is 4.72 Å². The second-order valence-electron chi connectivity index (χ2n) is 6.34. The van der Waals surface area contributed by atoms with Gasteiger partial charge in [0.15, 0.2) is 5.82 Å². The number of rotatable bonds is 3. The fourth-order valence-electron chi connectivity index (χ4n) is 2.51. The lowest BCUT2D eigenvalue weighted by atomic mass is 9.99. The first-order chi connectivity index (χ1) is 9.70. The summed E-state index contributed by atoms with van der Waals surface area (Å²) in [7, 11) is -3.90. The topological polar surface area (TPSA) is 62.3 Å². The molecule has 0 aliphatic carbocycles. The summed E-state index contributed by atoms with van der Waals surface area (Å²) in [5.74, 6) is -0.822. The molecule has 118 valence electrons. The van der Waals surface area contributed by atoms with Crippen LogP contribution in [0.1, 0.15) is 33.6 Å². The molecule has 1 aromatic rings. The predicted octanol–water partition coefficient (Wildman–Crippen LogP) is 1.76. The summed E-state index contributed by atoms with van der Waals surface area (Å²) in [5.41, 5.74) is 0.0803. The third kappa shape index (κ3) is 3.99. The minimum atomic E-state index is -3.90. The molecule has 0 bridgehead atoms. The average molecular weight is 315 g/mol. The van der Waals surface area contributed by atoms with Crippen molar-refractivity contribution in [1.29, 1.82) is 0 Å². The van der Waals surface area contributed by atoms with E-state index in [0.717, 1.165) is 19.2 Å². The highest BCUT2D eigenvalue weighted by Gasteiger charge is 2.30. The van der Waals surface area contributed by atoms with Gasteiger partial charge >= 0.3 is 0 Å². The van der Waals surface area contributed by atoms with Crippen LogP contribution in [-0.4, -0.2) is 43.0 Å². The minimum Gasteiger partial charge on any atom is -0.298 e. The SMILES string of the molecule is CC(C)(C)N1CCC(NS(=O)(=O)c2ncccc2F)CC1. The molecule has 1 N–H and O–H groups in total. The Bertz CT molecular complexity index is 590. The Balaban J connectivity index is 2.02. The maximum Gasteiger partial charge on any atom is 0.261 e. The minimum absolute atomic E-state index is 0.0803. The smallest absolute Gasteiger partial charge is 0.261 e. The largest absolute Gasteiger partial charge is 0.298 e. The van der Waals surface area contributed by atoms with Crippen LogP contribution in [0.3, 0.4) is 0 Å². The van der Waals surface area contributed by atoms with E-state index in [-0.39, 0.29) is 11.6 Å². The highest BCUT2D eigenvalue weighted by atomic mass is 32.2. The molecular weight excluding hydrogens is 293 g/mol. The van der Waals surface area contributed by atoms with Crippen molar-refractivity contribution in [2.45, 2.75) is 50.2 Å². The molecule has 1 aromatic heterocycles. The molecule has 0 aromatic carbocycles. The zero-order chi connectivity index (χ0) is 15.7. The van der Waals surface area contributed by atoms with Gasteiger partial charge in [-0.25, -0.2) is 22.5 Å². The Labute approximate surface area is 125 Å². The highest BCUT2D eigenvalue weighted by Crippen LogP contribution is 2.21. The van der Waals surface area contributed by atoms with Crippen LogP contribution in [0.2, 0.25) is 0 Å². The molecular formula is C14H22FN3O2S. The van der Waals surface area contributed by atoms with Crippen molar-refractivity contribution >= 4 is 10.0 Å². The molecule has 0 unspecified atom stereocenters. The Hall–Kier alpha value is -1.05. The van der Waals surface area contributed by atoms with Crippen molar-refractivity contribution < 1.29 is 12.8 Å². The van der Waals surface area contributed by atoms with Crippen LogP contribution in [0.5, 0.6) is 0 Å². The molecule has 0 radical (unpaired) electrons. The van der Waals surface area contributed by atoms with E-state index in [9.17, 15) is 12.8 Å². The molecule has 5 nitrogen and oxygen atoms in total. The van der Waals surface area contributed by atoms with Gasteiger partial charge in [0.2, 0.25) is 5.03 Å². The van der Waals surface area contributed by atoms with Crippen LogP contribution in [0.4, 0.5) is 4.39 Å². The maximum absolute atomic E-state index is 13.6. The molecule has 1 aliphatic heterocycles. The number of pyridine rings is 1. The molecule has 1 fully saturated rings. The Morgan fingerprint density at radius 2 is 1.95 bits per heavy atom. The normalized spacial score (nSPS) is 18.9. The zero-order valence-electron chi connectivity index (χ0n) is 12.6. The first-order valence-corrected chi connectivity index (χ1v) is 8.56. The van der Waals surface area contributed by atoms with Crippen molar-refractivity contribution in [3.8, 4) is 0 Å². The Kier molecular flexibility index (Phi) is 4.65. The van der Waals surface area contributed by atoms with Gasteiger partial charge in [-0.3, -0.25) is 4.90 Å². The van der Waals surface area contributed by atoms with Gasteiger partial charge in [0, 0.05) is 30.9 Å². The molecule has 2 rings (SSSR count). The van der Waals surface area contributed by atoms with Crippen LogP contribution in [0.25, 0.3) is 0 Å². The van der Waals surface area contributed by atoms with Gasteiger partial charge in [-0.1, -0.05) is 0 Å². The number of likely N-dealkylation sites (tertiary alicyclic amines) is 1. The van der Waals surface area contributed by atoms with Gasteiger partial charge in [-0.05, 0) is 45.7 Å². The van der Waals surface area contributed by atoms with Crippen molar-refractivity contribution in [3.05, 3.63) is 24.1 Å². The standard InChI is InChI=1S/C14H22FN3O2S/c1-14(2,3)18-9-6-11(7-10-18)17-21(19,20)13-12(15)5-4-8-16-13/h4-5,8,11,17H,6-7,9-10H2,1-3H3. The highest BCUT2D eigenvalue weighted by molar-refractivity contribution is 7.89. The lowest BCUT2D eigenvalue weighted by Gasteiger charge is -2.40. The van der Waals surface area contributed by atoms with E-state index in [4.69, 9.17) is 0 Å². The lowest BCUT2D eigenvalue weighted by Crippen LogP contribution is -2.50. The molecule has 0 spiro atoms. The van der Waals surface area contributed by atoms with Gasteiger partial charge in [0.25, 0.3) is 10.0 Å². The Morgan fingerprint density at radius 1 is 1.33 bits per heavy atom.